The Morgan fingerprint density at radius 1 is 1.45 bits per heavy atom. The number of halogens is 1. The maximum absolute atomic E-state index is 13.6. The second-order valence-corrected chi connectivity index (χ2v) is 5.59. The SMILES string of the molecule is Cc1ncsc1CN(C)Cc1ccc(C(=O)O)c(F)c1. The van der Waals surface area contributed by atoms with Crippen molar-refractivity contribution < 1.29 is 14.3 Å². The number of carboxylic acids is 1. The summed E-state index contributed by atoms with van der Waals surface area (Å²) in [6, 6.07) is 4.22. The van der Waals surface area contributed by atoms with Crippen LogP contribution in [-0.2, 0) is 13.1 Å². The first-order valence-corrected chi connectivity index (χ1v) is 6.94. The van der Waals surface area contributed by atoms with E-state index >= 15 is 0 Å². The third kappa shape index (κ3) is 3.40. The summed E-state index contributed by atoms with van der Waals surface area (Å²) in [5.74, 6) is -1.94. The second kappa shape index (κ2) is 6.11. The van der Waals surface area contributed by atoms with Crippen LogP contribution in [0.25, 0.3) is 0 Å². The van der Waals surface area contributed by atoms with Gasteiger partial charge in [0.25, 0.3) is 0 Å². The molecule has 1 heterocycles. The van der Waals surface area contributed by atoms with Crippen molar-refractivity contribution in [2.24, 2.45) is 0 Å². The molecule has 0 saturated heterocycles. The number of aromatic carboxylic acids is 1. The lowest BCUT2D eigenvalue weighted by molar-refractivity contribution is 0.0692. The number of hydrogen-bond acceptors (Lipinski definition) is 4. The molecule has 0 atom stereocenters. The van der Waals surface area contributed by atoms with Gasteiger partial charge in [0.15, 0.2) is 0 Å². The molecular formula is C14H15FN2O2S. The minimum atomic E-state index is -1.25. The van der Waals surface area contributed by atoms with Crippen LogP contribution in [0.5, 0.6) is 0 Å². The van der Waals surface area contributed by atoms with Crippen LogP contribution in [0.2, 0.25) is 0 Å². The van der Waals surface area contributed by atoms with E-state index in [1.165, 1.54) is 17.0 Å². The number of carbonyl (C=O) groups is 1. The van der Waals surface area contributed by atoms with Gasteiger partial charge in [-0.3, -0.25) is 4.90 Å². The number of thiazole rings is 1. The lowest BCUT2D eigenvalue weighted by atomic mass is 10.1. The molecule has 0 bridgehead atoms. The predicted molar refractivity (Wildman–Crippen MR) is 75.4 cm³/mol. The van der Waals surface area contributed by atoms with Crippen molar-refractivity contribution in [3.8, 4) is 0 Å². The molecule has 6 heteroatoms. The first-order chi connectivity index (χ1) is 9.47. The van der Waals surface area contributed by atoms with Crippen molar-refractivity contribution in [1.82, 2.24) is 9.88 Å². The highest BCUT2D eigenvalue weighted by Gasteiger charge is 2.12. The summed E-state index contributed by atoms with van der Waals surface area (Å²) in [7, 11) is 1.93. The van der Waals surface area contributed by atoms with Crippen LogP contribution >= 0.6 is 11.3 Å². The van der Waals surface area contributed by atoms with Gasteiger partial charge in [0.05, 0.1) is 16.8 Å². The summed E-state index contributed by atoms with van der Waals surface area (Å²) in [6.07, 6.45) is 0. The summed E-state index contributed by atoms with van der Waals surface area (Å²) in [5, 5.41) is 8.78. The largest absolute Gasteiger partial charge is 0.478 e. The van der Waals surface area contributed by atoms with Gasteiger partial charge in [0.1, 0.15) is 5.82 Å². The minimum Gasteiger partial charge on any atom is -0.478 e. The average molecular weight is 294 g/mol. The number of benzene rings is 1. The lowest BCUT2D eigenvalue weighted by Gasteiger charge is -2.16. The zero-order valence-corrected chi connectivity index (χ0v) is 12.1. The molecule has 1 aromatic carbocycles. The van der Waals surface area contributed by atoms with E-state index < -0.39 is 11.8 Å². The fourth-order valence-corrected chi connectivity index (χ4v) is 2.78. The molecule has 0 spiro atoms. The van der Waals surface area contributed by atoms with Gasteiger partial charge in [0.2, 0.25) is 0 Å². The smallest absolute Gasteiger partial charge is 0.338 e. The quantitative estimate of drug-likeness (QED) is 0.921. The van der Waals surface area contributed by atoms with Gasteiger partial charge in [-0.05, 0) is 31.7 Å². The normalized spacial score (nSPS) is 11.0. The van der Waals surface area contributed by atoms with E-state index in [1.807, 2.05) is 18.9 Å². The van der Waals surface area contributed by atoms with Crippen molar-refractivity contribution in [2.45, 2.75) is 20.0 Å². The van der Waals surface area contributed by atoms with E-state index in [0.717, 1.165) is 17.8 Å². The van der Waals surface area contributed by atoms with E-state index in [-0.39, 0.29) is 5.56 Å². The fourth-order valence-electron chi connectivity index (χ4n) is 1.92. The Morgan fingerprint density at radius 2 is 2.20 bits per heavy atom. The number of rotatable bonds is 5. The van der Waals surface area contributed by atoms with Gasteiger partial charge in [-0.1, -0.05) is 6.07 Å². The molecule has 0 unspecified atom stereocenters. The maximum Gasteiger partial charge on any atom is 0.338 e. The Morgan fingerprint density at radius 3 is 2.75 bits per heavy atom. The lowest BCUT2D eigenvalue weighted by Crippen LogP contribution is -2.17. The first-order valence-electron chi connectivity index (χ1n) is 6.06. The summed E-state index contributed by atoms with van der Waals surface area (Å²) in [6.45, 7) is 3.24. The molecule has 0 aliphatic heterocycles. The van der Waals surface area contributed by atoms with Crippen molar-refractivity contribution in [1.29, 1.82) is 0 Å². The highest BCUT2D eigenvalue weighted by Crippen LogP contribution is 2.17. The molecule has 20 heavy (non-hydrogen) atoms. The zero-order valence-electron chi connectivity index (χ0n) is 11.3. The zero-order chi connectivity index (χ0) is 14.7. The second-order valence-electron chi connectivity index (χ2n) is 4.65. The Balaban J connectivity index is 2.05. The highest BCUT2D eigenvalue weighted by molar-refractivity contribution is 7.09. The number of aromatic nitrogens is 1. The minimum absolute atomic E-state index is 0.297. The molecule has 1 N–H and O–H groups in total. The topological polar surface area (TPSA) is 53.4 Å². The molecule has 1 aromatic heterocycles. The van der Waals surface area contributed by atoms with Crippen molar-refractivity contribution in [3.63, 3.8) is 0 Å². The third-order valence-corrected chi connectivity index (χ3v) is 3.89. The van der Waals surface area contributed by atoms with Gasteiger partial charge in [0, 0.05) is 18.0 Å². The van der Waals surface area contributed by atoms with Crippen molar-refractivity contribution in [2.75, 3.05) is 7.05 Å². The molecule has 4 nitrogen and oxygen atoms in total. The van der Waals surface area contributed by atoms with Gasteiger partial charge < -0.3 is 5.11 Å². The van der Waals surface area contributed by atoms with E-state index in [1.54, 1.807) is 22.9 Å². The van der Waals surface area contributed by atoms with Crippen molar-refractivity contribution in [3.05, 3.63) is 51.2 Å². The van der Waals surface area contributed by atoms with Crippen molar-refractivity contribution >= 4 is 17.3 Å². The number of hydrogen-bond donors (Lipinski definition) is 1. The monoisotopic (exact) mass is 294 g/mol. The van der Waals surface area contributed by atoms with Crippen LogP contribution in [0.4, 0.5) is 4.39 Å². The number of aryl methyl sites for hydroxylation is 1. The standard InChI is InChI=1S/C14H15FN2O2S/c1-9-13(20-8-16-9)7-17(2)6-10-3-4-11(14(18)19)12(15)5-10/h3-5,8H,6-7H2,1-2H3,(H,18,19). The molecular weight excluding hydrogens is 279 g/mol. The first kappa shape index (κ1) is 14.6. The maximum atomic E-state index is 13.6. The Hall–Kier alpha value is -1.79. The fraction of sp³-hybridized carbons (Fsp3) is 0.286. The van der Waals surface area contributed by atoms with Gasteiger partial charge in [-0.2, -0.15) is 0 Å². The molecule has 0 aliphatic carbocycles. The number of carboxylic acid groups (broad SMARTS) is 1. The molecule has 0 radical (unpaired) electrons. The number of nitrogens with zero attached hydrogens (tertiary/aromatic N) is 2. The predicted octanol–water partition coefficient (Wildman–Crippen LogP) is 2.92. The Labute approximate surface area is 120 Å². The van der Waals surface area contributed by atoms with Crippen LogP contribution < -0.4 is 0 Å². The molecule has 0 fully saturated rings. The summed E-state index contributed by atoms with van der Waals surface area (Å²) in [4.78, 5) is 18.2. The van der Waals surface area contributed by atoms with Crippen LogP contribution in [-0.4, -0.2) is 28.0 Å². The van der Waals surface area contributed by atoms with E-state index in [2.05, 4.69) is 4.98 Å². The van der Waals surface area contributed by atoms with Crippen LogP contribution in [0, 0.1) is 12.7 Å². The van der Waals surface area contributed by atoms with Crippen LogP contribution in [0.15, 0.2) is 23.7 Å². The van der Waals surface area contributed by atoms with Gasteiger partial charge in [-0.15, -0.1) is 11.3 Å². The molecule has 0 aliphatic rings. The average Bonchev–Trinajstić information content (AvgIpc) is 2.74. The summed E-state index contributed by atoms with van der Waals surface area (Å²) < 4.78 is 13.6. The van der Waals surface area contributed by atoms with E-state index in [0.29, 0.717) is 6.54 Å². The molecule has 106 valence electrons. The summed E-state index contributed by atoms with van der Waals surface area (Å²) >= 11 is 1.59. The van der Waals surface area contributed by atoms with Gasteiger partial charge in [-0.25, -0.2) is 14.2 Å². The molecule has 0 saturated carbocycles. The Bertz CT molecular complexity index is 627. The van der Waals surface area contributed by atoms with E-state index in [4.69, 9.17) is 5.11 Å². The Kier molecular flexibility index (Phi) is 4.46. The van der Waals surface area contributed by atoms with Crippen LogP contribution in [0.3, 0.4) is 0 Å². The molecule has 0 amide bonds. The molecule has 2 rings (SSSR count). The van der Waals surface area contributed by atoms with Gasteiger partial charge >= 0.3 is 5.97 Å². The van der Waals surface area contributed by atoms with E-state index in [9.17, 15) is 9.18 Å². The molecule has 2 aromatic rings. The highest BCUT2D eigenvalue weighted by atomic mass is 32.1. The summed E-state index contributed by atoms with van der Waals surface area (Å²) in [5.41, 5.74) is 3.26. The third-order valence-electron chi connectivity index (χ3n) is 2.97. The van der Waals surface area contributed by atoms with Crippen LogP contribution in [0.1, 0.15) is 26.5 Å².